The SMILES string of the molecule is CCOC(=O)[C@@](C)(N)Cc1ccc(OC)c(OC)c1. The van der Waals surface area contributed by atoms with Crippen molar-refractivity contribution in [2.45, 2.75) is 25.8 Å². The normalized spacial score (nSPS) is 13.5. The lowest BCUT2D eigenvalue weighted by atomic mass is 9.94. The Kier molecular flexibility index (Phi) is 5.18. The lowest BCUT2D eigenvalue weighted by Crippen LogP contribution is -2.48. The van der Waals surface area contributed by atoms with E-state index in [0.717, 1.165) is 5.56 Å². The first-order chi connectivity index (χ1) is 8.94. The fourth-order valence-electron chi connectivity index (χ4n) is 1.78. The van der Waals surface area contributed by atoms with Crippen molar-refractivity contribution < 1.29 is 19.0 Å². The molecule has 0 bridgehead atoms. The molecule has 0 radical (unpaired) electrons. The monoisotopic (exact) mass is 267 g/mol. The first kappa shape index (κ1) is 15.3. The molecule has 1 atom stereocenters. The second-order valence-electron chi connectivity index (χ2n) is 4.50. The van der Waals surface area contributed by atoms with Crippen LogP contribution in [0.1, 0.15) is 19.4 Å². The molecule has 0 unspecified atom stereocenters. The van der Waals surface area contributed by atoms with E-state index in [9.17, 15) is 4.79 Å². The summed E-state index contributed by atoms with van der Waals surface area (Å²) >= 11 is 0. The minimum Gasteiger partial charge on any atom is -0.493 e. The number of hydrogen-bond donors (Lipinski definition) is 1. The number of esters is 1. The highest BCUT2D eigenvalue weighted by molar-refractivity contribution is 5.80. The molecule has 5 nitrogen and oxygen atoms in total. The standard InChI is InChI=1S/C14H21NO4/c1-5-19-13(16)14(2,15)9-10-6-7-11(17-3)12(8-10)18-4/h6-8H,5,9,15H2,1-4H3/t14-/m0/s1. The smallest absolute Gasteiger partial charge is 0.326 e. The van der Waals surface area contributed by atoms with Gasteiger partial charge in [0.15, 0.2) is 11.5 Å². The molecule has 1 rings (SSSR count). The van der Waals surface area contributed by atoms with Gasteiger partial charge >= 0.3 is 5.97 Å². The van der Waals surface area contributed by atoms with Gasteiger partial charge in [-0.1, -0.05) is 6.07 Å². The van der Waals surface area contributed by atoms with Crippen LogP contribution < -0.4 is 15.2 Å². The molecule has 0 saturated heterocycles. The van der Waals surface area contributed by atoms with Crippen LogP contribution in [0.2, 0.25) is 0 Å². The highest BCUT2D eigenvalue weighted by atomic mass is 16.5. The Morgan fingerprint density at radius 2 is 1.89 bits per heavy atom. The fraction of sp³-hybridized carbons (Fsp3) is 0.500. The zero-order chi connectivity index (χ0) is 14.5. The van der Waals surface area contributed by atoms with Gasteiger partial charge in [0, 0.05) is 6.42 Å². The third-order valence-electron chi connectivity index (χ3n) is 2.76. The van der Waals surface area contributed by atoms with Crippen LogP contribution in [-0.2, 0) is 16.0 Å². The quantitative estimate of drug-likeness (QED) is 0.791. The molecule has 0 amide bonds. The van der Waals surface area contributed by atoms with Gasteiger partial charge < -0.3 is 19.9 Å². The molecule has 0 aromatic heterocycles. The third-order valence-corrected chi connectivity index (χ3v) is 2.76. The minimum absolute atomic E-state index is 0.317. The van der Waals surface area contributed by atoms with Crippen molar-refractivity contribution in [3.05, 3.63) is 23.8 Å². The lowest BCUT2D eigenvalue weighted by molar-refractivity contribution is -0.148. The van der Waals surface area contributed by atoms with Crippen molar-refractivity contribution >= 4 is 5.97 Å². The zero-order valence-corrected chi connectivity index (χ0v) is 11.9. The van der Waals surface area contributed by atoms with Gasteiger partial charge in [0.1, 0.15) is 5.54 Å². The predicted molar refractivity (Wildman–Crippen MR) is 72.5 cm³/mol. The van der Waals surface area contributed by atoms with Crippen molar-refractivity contribution in [2.24, 2.45) is 5.73 Å². The molecule has 0 saturated carbocycles. The summed E-state index contributed by atoms with van der Waals surface area (Å²) < 4.78 is 15.3. The van der Waals surface area contributed by atoms with Crippen LogP contribution >= 0.6 is 0 Å². The van der Waals surface area contributed by atoms with E-state index in [1.807, 2.05) is 12.1 Å². The predicted octanol–water partition coefficient (Wildman–Crippen LogP) is 1.53. The molecule has 2 N–H and O–H groups in total. The van der Waals surface area contributed by atoms with E-state index in [2.05, 4.69) is 0 Å². The third kappa shape index (κ3) is 3.86. The Bertz CT molecular complexity index is 443. The van der Waals surface area contributed by atoms with Crippen LogP contribution in [0.5, 0.6) is 11.5 Å². The van der Waals surface area contributed by atoms with Crippen LogP contribution in [0.15, 0.2) is 18.2 Å². The van der Waals surface area contributed by atoms with Crippen molar-refractivity contribution in [3.8, 4) is 11.5 Å². The molecule has 1 aromatic carbocycles. The topological polar surface area (TPSA) is 70.8 Å². The number of methoxy groups -OCH3 is 2. The summed E-state index contributed by atoms with van der Waals surface area (Å²) in [6.45, 7) is 3.73. The van der Waals surface area contributed by atoms with Gasteiger partial charge in [0.25, 0.3) is 0 Å². The molecule has 0 aliphatic rings. The Hall–Kier alpha value is -1.75. The molecule has 19 heavy (non-hydrogen) atoms. The highest BCUT2D eigenvalue weighted by Crippen LogP contribution is 2.28. The molecule has 106 valence electrons. The molecule has 0 aliphatic heterocycles. The lowest BCUT2D eigenvalue weighted by Gasteiger charge is -2.22. The Labute approximate surface area is 113 Å². The second kappa shape index (κ2) is 6.43. The molecule has 0 spiro atoms. The van der Waals surface area contributed by atoms with Gasteiger partial charge in [-0.3, -0.25) is 4.79 Å². The molecular formula is C14H21NO4. The van der Waals surface area contributed by atoms with Crippen LogP contribution in [-0.4, -0.2) is 32.3 Å². The van der Waals surface area contributed by atoms with E-state index in [4.69, 9.17) is 19.9 Å². The largest absolute Gasteiger partial charge is 0.493 e. The van der Waals surface area contributed by atoms with Crippen LogP contribution in [0.3, 0.4) is 0 Å². The number of carbonyl (C=O) groups is 1. The summed E-state index contributed by atoms with van der Waals surface area (Å²) in [4.78, 5) is 11.7. The van der Waals surface area contributed by atoms with E-state index in [-0.39, 0.29) is 0 Å². The maximum absolute atomic E-state index is 11.7. The summed E-state index contributed by atoms with van der Waals surface area (Å²) in [6.07, 6.45) is 0.367. The Balaban J connectivity index is 2.90. The molecule has 0 heterocycles. The van der Waals surface area contributed by atoms with Crippen LogP contribution in [0.25, 0.3) is 0 Å². The average Bonchev–Trinajstić information content (AvgIpc) is 2.38. The van der Waals surface area contributed by atoms with Gasteiger partial charge in [-0.25, -0.2) is 0 Å². The number of rotatable bonds is 6. The summed E-state index contributed by atoms with van der Waals surface area (Å²) in [5.41, 5.74) is 5.82. The number of carbonyl (C=O) groups excluding carboxylic acids is 1. The Morgan fingerprint density at radius 1 is 1.26 bits per heavy atom. The maximum Gasteiger partial charge on any atom is 0.326 e. The van der Waals surface area contributed by atoms with E-state index >= 15 is 0 Å². The van der Waals surface area contributed by atoms with Crippen molar-refractivity contribution in [1.82, 2.24) is 0 Å². The van der Waals surface area contributed by atoms with Crippen LogP contribution in [0, 0.1) is 0 Å². The second-order valence-corrected chi connectivity index (χ2v) is 4.50. The molecule has 0 fully saturated rings. The van der Waals surface area contributed by atoms with Gasteiger partial charge in [-0.15, -0.1) is 0 Å². The molecule has 5 heteroatoms. The summed E-state index contributed by atoms with van der Waals surface area (Å²) in [6, 6.07) is 5.45. The number of hydrogen-bond acceptors (Lipinski definition) is 5. The number of benzene rings is 1. The van der Waals surface area contributed by atoms with E-state index in [1.165, 1.54) is 0 Å². The first-order valence-corrected chi connectivity index (χ1v) is 6.11. The van der Waals surface area contributed by atoms with E-state index in [0.29, 0.717) is 24.5 Å². The summed E-state index contributed by atoms with van der Waals surface area (Å²) in [7, 11) is 3.14. The summed E-state index contributed by atoms with van der Waals surface area (Å²) in [5.74, 6) is 0.838. The first-order valence-electron chi connectivity index (χ1n) is 6.11. The van der Waals surface area contributed by atoms with E-state index < -0.39 is 11.5 Å². The van der Waals surface area contributed by atoms with Gasteiger partial charge in [-0.05, 0) is 31.5 Å². The van der Waals surface area contributed by atoms with Crippen molar-refractivity contribution in [2.75, 3.05) is 20.8 Å². The van der Waals surface area contributed by atoms with Crippen molar-refractivity contribution in [3.63, 3.8) is 0 Å². The minimum atomic E-state index is -1.06. The molecule has 1 aromatic rings. The van der Waals surface area contributed by atoms with E-state index in [1.54, 1.807) is 34.1 Å². The number of nitrogens with two attached hydrogens (primary N) is 1. The van der Waals surface area contributed by atoms with Gasteiger partial charge in [0.2, 0.25) is 0 Å². The van der Waals surface area contributed by atoms with Gasteiger partial charge in [0.05, 0.1) is 20.8 Å². The molecule has 0 aliphatic carbocycles. The fourth-order valence-corrected chi connectivity index (χ4v) is 1.78. The zero-order valence-electron chi connectivity index (χ0n) is 11.9. The maximum atomic E-state index is 11.7. The molecular weight excluding hydrogens is 246 g/mol. The summed E-state index contributed by atoms with van der Waals surface area (Å²) in [5, 5.41) is 0. The van der Waals surface area contributed by atoms with Crippen LogP contribution in [0.4, 0.5) is 0 Å². The van der Waals surface area contributed by atoms with Crippen molar-refractivity contribution in [1.29, 1.82) is 0 Å². The number of ether oxygens (including phenoxy) is 3. The highest BCUT2D eigenvalue weighted by Gasteiger charge is 2.30. The average molecular weight is 267 g/mol. The van der Waals surface area contributed by atoms with Gasteiger partial charge in [-0.2, -0.15) is 0 Å². The Morgan fingerprint density at radius 3 is 2.42 bits per heavy atom.